The van der Waals surface area contributed by atoms with Crippen molar-refractivity contribution in [1.82, 2.24) is 9.97 Å². The first-order chi connectivity index (χ1) is 9.82. The lowest BCUT2D eigenvalue weighted by atomic mass is 10.1. The average Bonchev–Trinajstić information content (AvgIpc) is 2.43. The van der Waals surface area contributed by atoms with Crippen molar-refractivity contribution in [2.24, 2.45) is 0 Å². The SMILES string of the molecule is N#Cc1ccc(Nc2nc[nH]c(=O)c2I)cc1C(F)(F)F. The number of hydrogen-bond acceptors (Lipinski definition) is 4. The van der Waals surface area contributed by atoms with E-state index < -0.39 is 22.9 Å². The van der Waals surface area contributed by atoms with Crippen LogP contribution in [0.5, 0.6) is 0 Å². The number of alkyl halides is 3. The normalized spacial score (nSPS) is 11.0. The van der Waals surface area contributed by atoms with Crippen LogP contribution >= 0.6 is 22.6 Å². The summed E-state index contributed by atoms with van der Waals surface area (Å²) >= 11 is 1.73. The third kappa shape index (κ3) is 3.33. The van der Waals surface area contributed by atoms with Gasteiger partial charge in [0.05, 0.1) is 23.5 Å². The van der Waals surface area contributed by atoms with Crippen LogP contribution < -0.4 is 10.9 Å². The van der Waals surface area contributed by atoms with E-state index in [2.05, 4.69) is 15.3 Å². The number of aromatic nitrogens is 2. The van der Waals surface area contributed by atoms with Crippen molar-refractivity contribution >= 4 is 34.1 Å². The molecule has 0 fully saturated rings. The second-order valence-corrected chi connectivity index (χ2v) is 4.97. The van der Waals surface area contributed by atoms with Crippen LogP contribution in [0.15, 0.2) is 29.3 Å². The van der Waals surface area contributed by atoms with Crippen molar-refractivity contribution in [3.05, 3.63) is 49.6 Å². The number of halogens is 4. The molecule has 0 saturated carbocycles. The molecule has 1 heterocycles. The molecule has 5 nitrogen and oxygen atoms in total. The molecule has 1 aromatic heterocycles. The van der Waals surface area contributed by atoms with E-state index in [0.29, 0.717) is 0 Å². The molecule has 0 bridgehead atoms. The Kier molecular flexibility index (Phi) is 4.17. The number of rotatable bonds is 2. The van der Waals surface area contributed by atoms with Crippen molar-refractivity contribution in [3.63, 3.8) is 0 Å². The molecule has 21 heavy (non-hydrogen) atoms. The van der Waals surface area contributed by atoms with E-state index in [1.165, 1.54) is 12.1 Å². The van der Waals surface area contributed by atoms with Crippen LogP contribution in [0.25, 0.3) is 0 Å². The van der Waals surface area contributed by atoms with E-state index in [0.717, 1.165) is 18.5 Å². The molecule has 0 atom stereocenters. The Hall–Kier alpha value is -2.09. The molecule has 0 aliphatic heterocycles. The van der Waals surface area contributed by atoms with Gasteiger partial charge in [0.25, 0.3) is 5.56 Å². The van der Waals surface area contributed by atoms with Gasteiger partial charge in [0.2, 0.25) is 0 Å². The van der Waals surface area contributed by atoms with Gasteiger partial charge < -0.3 is 10.3 Å². The van der Waals surface area contributed by atoms with E-state index in [9.17, 15) is 18.0 Å². The van der Waals surface area contributed by atoms with E-state index in [1.807, 2.05) is 0 Å². The van der Waals surface area contributed by atoms with Crippen LogP contribution in [0.2, 0.25) is 0 Å². The summed E-state index contributed by atoms with van der Waals surface area (Å²) in [5, 5.41) is 11.3. The maximum atomic E-state index is 12.8. The third-order valence-electron chi connectivity index (χ3n) is 2.50. The number of aromatic amines is 1. The Balaban J connectivity index is 2.45. The molecule has 9 heteroatoms. The monoisotopic (exact) mass is 406 g/mol. The predicted molar refractivity (Wildman–Crippen MR) is 77.0 cm³/mol. The van der Waals surface area contributed by atoms with Gasteiger partial charge in [-0.15, -0.1) is 0 Å². The molecular weight excluding hydrogens is 400 g/mol. The van der Waals surface area contributed by atoms with Crippen molar-refractivity contribution in [1.29, 1.82) is 5.26 Å². The fourth-order valence-corrected chi connectivity index (χ4v) is 1.99. The summed E-state index contributed by atoms with van der Waals surface area (Å²) in [4.78, 5) is 17.6. The summed E-state index contributed by atoms with van der Waals surface area (Å²) in [7, 11) is 0. The summed E-state index contributed by atoms with van der Waals surface area (Å²) in [6.45, 7) is 0. The topological polar surface area (TPSA) is 81.6 Å². The standard InChI is InChI=1S/C12H6F3IN4O/c13-12(14,15)8-3-7(2-1-6(8)4-17)20-10-9(16)11(21)19-5-18-10/h1-3,5H,(H2,18,19,20,21). The Morgan fingerprint density at radius 2 is 2.10 bits per heavy atom. The minimum Gasteiger partial charge on any atom is -0.339 e. The molecule has 0 unspecified atom stereocenters. The minimum absolute atomic E-state index is 0.0809. The fraction of sp³-hybridized carbons (Fsp3) is 0.0833. The van der Waals surface area contributed by atoms with Crippen LogP contribution in [0.4, 0.5) is 24.7 Å². The van der Waals surface area contributed by atoms with Gasteiger partial charge >= 0.3 is 6.18 Å². The number of nitriles is 1. The van der Waals surface area contributed by atoms with Crippen LogP contribution in [-0.2, 0) is 6.18 Å². The number of nitrogens with one attached hydrogen (secondary N) is 2. The van der Waals surface area contributed by atoms with Crippen LogP contribution in [0.3, 0.4) is 0 Å². The first kappa shape index (κ1) is 15.3. The largest absolute Gasteiger partial charge is 0.417 e. The molecule has 0 saturated heterocycles. The lowest BCUT2D eigenvalue weighted by Gasteiger charge is -2.12. The Bertz CT molecular complexity index is 779. The number of benzene rings is 1. The molecule has 0 aliphatic carbocycles. The number of H-pyrrole nitrogens is 1. The molecule has 0 aliphatic rings. The third-order valence-corrected chi connectivity index (χ3v) is 3.51. The van der Waals surface area contributed by atoms with Gasteiger partial charge in [0.15, 0.2) is 5.82 Å². The van der Waals surface area contributed by atoms with Crippen molar-refractivity contribution in [2.75, 3.05) is 5.32 Å². The summed E-state index contributed by atoms with van der Waals surface area (Å²) in [6.07, 6.45) is -3.50. The zero-order valence-corrected chi connectivity index (χ0v) is 12.3. The highest BCUT2D eigenvalue weighted by Crippen LogP contribution is 2.34. The molecule has 2 N–H and O–H groups in total. The number of hydrogen-bond donors (Lipinski definition) is 2. The maximum absolute atomic E-state index is 12.8. The highest BCUT2D eigenvalue weighted by atomic mass is 127. The fourth-order valence-electron chi connectivity index (χ4n) is 1.56. The Morgan fingerprint density at radius 3 is 2.71 bits per heavy atom. The first-order valence-electron chi connectivity index (χ1n) is 5.44. The van der Waals surface area contributed by atoms with Gasteiger partial charge in [-0.1, -0.05) is 0 Å². The second-order valence-electron chi connectivity index (χ2n) is 3.89. The second kappa shape index (κ2) is 5.72. The number of anilines is 2. The van der Waals surface area contributed by atoms with Crippen LogP contribution in [-0.4, -0.2) is 9.97 Å². The van der Waals surface area contributed by atoms with Crippen molar-refractivity contribution < 1.29 is 13.2 Å². The molecular formula is C12H6F3IN4O. The van der Waals surface area contributed by atoms with E-state index in [-0.39, 0.29) is 15.1 Å². The van der Waals surface area contributed by atoms with Crippen molar-refractivity contribution in [3.8, 4) is 6.07 Å². The van der Waals surface area contributed by atoms with Gasteiger partial charge in [0, 0.05) is 5.69 Å². The lowest BCUT2D eigenvalue weighted by molar-refractivity contribution is -0.137. The maximum Gasteiger partial charge on any atom is 0.417 e. The zero-order valence-electron chi connectivity index (χ0n) is 10.1. The Morgan fingerprint density at radius 1 is 1.38 bits per heavy atom. The summed E-state index contributed by atoms with van der Waals surface area (Å²) in [5.41, 5.74) is -1.84. The average molecular weight is 406 g/mol. The molecule has 1 aromatic carbocycles. The molecule has 0 spiro atoms. The van der Waals surface area contributed by atoms with Crippen LogP contribution in [0, 0.1) is 14.9 Å². The predicted octanol–water partition coefficient (Wildman–Crippen LogP) is 3.01. The van der Waals surface area contributed by atoms with Gasteiger partial charge in [-0.05, 0) is 40.8 Å². The molecule has 2 aromatic rings. The summed E-state index contributed by atoms with van der Waals surface area (Å²) < 4.78 is 38.8. The number of nitrogens with zero attached hydrogens (tertiary/aromatic N) is 2. The summed E-state index contributed by atoms with van der Waals surface area (Å²) in [6, 6.07) is 4.67. The minimum atomic E-state index is -4.64. The zero-order chi connectivity index (χ0) is 15.6. The van der Waals surface area contributed by atoms with E-state index in [1.54, 1.807) is 22.6 Å². The van der Waals surface area contributed by atoms with E-state index >= 15 is 0 Å². The van der Waals surface area contributed by atoms with E-state index in [4.69, 9.17) is 5.26 Å². The van der Waals surface area contributed by atoms with Gasteiger partial charge in [-0.25, -0.2) is 4.98 Å². The molecule has 0 amide bonds. The lowest BCUT2D eigenvalue weighted by Crippen LogP contribution is -2.13. The smallest absolute Gasteiger partial charge is 0.339 e. The van der Waals surface area contributed by atoms with Gasteiger partial charge in [-0.3, -0.25) is 4.79 Å². The molecule has 0 radical (unpaired) electrons. The van der Waals surface area contributed by atoms with Crippen molar-refractivity contribution in [2.45, 2.75) is 6.18 Å². The first-order valence-corrected chi connectivity index (χ1v) is 6.52. The molecule has 2 rings (SSSR count). The van der Waals surface area contributed by atoms with Gasteiger partial charge in [-0.2, -0.15) is 18.4 Å². The van der Waals surface area contributed by atoms with Gasteiger partial charge in [0.1, 0.15) is 3.57 Å². The summed E-state index contributed by atoms with van der Waals surface area (Å²) in [5.74, 6) is 0.136. The van der Waals surface area contributed by atoms with Crippen LogP contribution in [0.1, 0.15) is 11.1 Å². The highest BCUT2D eigenvalue weighted by Gasteiger charge is 2.33. The highest BCUT2D eigenvalue weighted by molar-refractivity contribution is 14.1. The Labute approximate surface area is 130 Å². The quantitative estimate of drug-likeness (QED) is 0.752. The molecule has 108 valence electrons.